The van der Waals surface area contributed by atoms with Crippen LogP contribution in [0.5, 0.6) is 0 Å². The SMILES string of the molecule is O=[N+]([O-])c1ccc(C=CS(=O)Cc2ccc(Br)cc2)cc1. The van der Waals surface area contributed by atoms with Crippen LogP contribution in [0.4, 0.5) is 5.69 Å². The van der Waals surface area contributed by atoms with E-state index in [9.17, 15) is 14.3 Å². The smallest absolute Gasteiger partial charge is 0.258 e. The number of nitrogens with zero attached hydrogens (tertiary/aromatic N) is 1. The van der Waals surface area contributed by atoms with E-state index in [1.165, 1.54) is 12.1 Å². The van der Waals surface area contributed by atoms with Gasteiger partial charge in [-0.15, -0.1) is 0 Å². The molecule has 4 nitrogen and oxygen atoms in total. The van der Waals surface area contributed by atoms with Crippen LogP contribution in [-0.2, 0) is 16.6 Å². The molecule has 0 saturated carbocycles. The van der Waals surface area contributed by atoms with Crippen molar-refractivity contribution in [1.29, 1.82) is 0 Å². The van der Waals surface area contributed by atoms with Gasteiger partial charge in [0.2, 0.25) is 0 Å². The van der Waals surface area contributed by atoms with Gasteiger partial charge in [-0.2, -0.15) is 0 Å². The normalized spacial score (nSPS) is 12.4. The van der Waals surface area contributed by atoms with Crippen molar-refractivity contribution in [3.8, 4) is 0 Å². The second-order valence-corrected chi connectivity index (χ2v) is 6.54. The second kappa shape index (κ2) is 7.28. The van der Waals surface area contributed by atoms with Crippen LogP contribution < -0.4 is 0 Å². The van der Waals surface area contributed by atoms with Crippen LogP contribution >= 0.6 is 15.9 Å². The summed E-state index contributed by atoms with van der Waals surface area (Å²) >= 11 is 3.35. The Labute approximate surface area is 133 Å². The number of halogens is 1. The average molecular weight is 366 g/mol. The summed E-state index contributed by atoms with van der Waals surface area (Å²) < 4.78 is 12.9. The maximum absolute atomic E-state index is 12.0. The van der Waals surface area contributed by atoms with Gasteiger partial charge in [-0.1, -0.05) is 28.1 Å². The van der Waals surface area contributed by atoms with E-state index < -0.39 is 15.7 Å². The first-order valence-electron chi connectivity index (χ1n) is 6.09. The van der Waals surface area contributed by atoms with Gasteiger partial charge in [0.1, 0.15) is 0 Å². The number of hydrogen-bond acceptors (Lipinski definition) is 3. The molecule has 1 unspecified atom stereocenters. The largest absolute Gasteiger partial charge is 0.269 e. The minimum Gasteiger partial charge on any atom is -0.258 e. The number of non-ortho nitro benzene ring substituents is 1. The lowest BCUT2D eigenvalue weighted by atomic mass is 10.2. The van der Waals surface area contributed by atoms with E-state index in [-0.39, 0.29) is 5.69 Å². The Kier molecular flexibility index (Phi) is 5.41. The highest BCUT2D eigenvalue weighted by atomic mass is 79.9. The molecule has 0 aromatic heterocycles. The molecule has 108 valence electrons. The summed E-state index contributed by atoms with van der Waals surface area (Å²) in [6.07, 6.45) is 1.71. The minimum atomic E-state index is -1.12. The van der Waals surface area contributed by atoms with Gasteiger partial charge in [0.25, 0.3) is 5.69 Å². The monoisotopic (exact) mass is 365 g/mol. The molecule has 0 aliphatic carbocycles. The van der Waals surface area contributed by atoms with Crippen molar-refractivity contribution >= 4 is 38.5 Å². The lowest BCUT2D eigenvalue weighted by Gasteiger charge is -1.99. The Balaban J connectivity index is 1.98. The first-order chi connectivity index (χ1) is 10.0. The van der Waals surface area contributed by atoms with E-state index in [0.29, 0.717) is 5.75 Å². The molecule has 0 bridgehead atoms. The third kappa shape index (κ3) is 4.91. The van der Waals surface area contributed by atoms with Crippen molar-refractivity contribution in [3.05, 3.63) is 79.7 Å². The van der Waals surface area contributed by atoms with Crippen LogP contribution in [0.25, 0.3) is 6.08 Å². The van der Waals surface area contributed by atoms with Gasteiger partial charge < -0.3 is 0 Å². The fourth-order valence-electron chi connectivity index (χ4n) is 1.65. The Hall–Kier alpha value is -1.79. The molecule has 2 aromatic rings. The fraction of sp³-hybridized carbons (Fsp3) is 0.0667. The van der Waals surface area contributed by atoms with Gasteiger partial charge in [-0.05, 0) is 41.5 Å². The van der Waals surface area contributed by atoms with Gasteiger partial charge in [0, 0.05) is 22.0 Å². The van der Waals surface area contributed by atoms with Gasteiger partial charge in [0.15, 0.2) is 0 Å². The quantitative estimate of drug-likeness (QED) is 0.586. The zero-order chi connectivity index (χ0) is 15.2. The summed E-state index contributed by atoms with van der Waals surface area (Å²) in [4.78, 5) is 10.1. The number of hydrogen-bond donors (Lipinski definition) is 0. The highest BCUT2D eigenvalue weighted by Crippen LogP contribution is 2.15. The number of rotatable bonds is 5. The molecule has 0 saturated heterocycles. The Morgan fingerprint density at radius 1 is 1.10 bits per heavy atom. The maximum atomic E-state index is 12.0. The molecule has 0 amide bonds. The molecular weight excluding hydrogens is 354 g/mol. The Bertz CT molecular complexity index is 681. The molecule has 0 N–H and O–H groups in total. The van der Waals surface area contributed by atoms with Crippen LogP contribution in [-0.4, -0.2) is 9.13 Å². The van der Waals surface area contributed by atoms with Crippen LogP contribution in [0, 0.1) is 10.1 Å². The molecule has 0 aliphatic rings. The molecule has 0 aliphatic heterocycles. The number of nitro groups is 1. The Morgan fingerprint density at radius 2 is 1.71 bits per heavy atom. The number of nitro benzene ring substituents is 1. The van der Waals surface area contributed by atoms with Gasteiger partial charge in [0.05, 0.1) is 21.5 Å². The first kappa shape index (κ1) is 15.6. The summed E-state index contributed by atoms with van der Waals surface area (Å²) in [5.74, 6) is 0.441. The van der Waals surface area contributed by atoms with Gasteiger partial charge in [-0.25, -0.2) is 0 Å². The van der Waals surface area contributed by atoms with Crippen LogP contribution in [0.15, 0.2) is 58.4 Å². The fourth-order valence-corrected chi connectivity index (χ4v) is 2.85. The summed E-state index contributed by atoms with van der Waals surface area (Å²) in [5.41, 5.74) is 1.82. The maximum Gasteiger partial charge on any atom is 0.269 e. The van der Waals surface area contributed by atoms with E-state index in [1.807, 2.05) is 24.3 Å². The molecule has 0 heterocycles. The summed E-state index contributed by atoms with van der Waals surface area (Å²) in [6.45, 7) is 0. The van der Waals surface area contributed by atoms with E-state index in [2.05, 4.69) is 15.9 Å². The van der Waals surface area contributed by atoms with Crippen molar-refractivity contribution < 1.29 is 9.13 Å². The average Bonchev–Trinajstić information content (AvgIpc) is 2.48. The molecule has 0 fully saturated rings. The van der Waals surface area contributed by atoms with Crippen LogP contribution in [0.1, 0.15) is 11.1 Å². The van der Waals surface area contributed by atoms with Gasteiger partial charge in [-0.3, -0.25) is 14.3 Å². The van der Waals surface area contributed by atoms with E-state index in [1.54, 1.807) is 23.6 Å². The molecule has 2 aromatic carbocycles. The minimum absolute atomic E-state index is 0.0446. The first-order valence-corrected chi connectivity index (χ1v) is 8.26. The highest BCUT2D eigenvalue weighted by molar-refractivity contribution is 9.10. The molecule has 2 rings (SSSR count). The number of benzene rings is 2. The zero-order valence-corrected chi connectivity index (χ0v) is 13.3. The predicted octanol–water partition coefficient (Wildman–Crippen LogP) is 4.28. The van der Waals surface area contributed by atoms with E-state index >= 15 is 0 Å². The third-order valence-corrected chi connectivity index (χ3v) is 4.32. The third-order valence-electron chi connectivity index (χ3n) is 2.74. The Morgan fingerprint density at radius 3 is 2.29 bits per heavy atom. The lowest BCUT2D eigenvalue weighted by molar-refractivity contribution is -0.384. The molecular formula is C15H12BrNO3S. The van der Waals surface area contributed by atoms with Gasteiger partial charge >= 0.3 is 0 Å². The van der Waals surface area contributed by atoms with Crippen molar-refractivity contribution in [2.24, 2.45) is 0 Å². The molecule has 21 heavy (non-hydrogen) atoms. The van der Waals surface area contributed by atoms with Crippen LogP contribution in [0.3, 0.4) is 0 Å². The topological polar surface area (TPSA) is 60.2 Å². The van der Waals surface area contributed by atoms with Crippen LogP contribution in [0.2, 0.25) is 0 Å². The van der Waals surface area contributed by atoms with E-state index in [4.69, 9.17) is 0 Å². The lowest BCUT2D eigenvalue weighted by Crippen LogP contribution is -1.91. The molecule has 0 spiro atoms. The predicted molar refractivity (Wildman–Crippen MR) is 88.1 cm³/mol. The highest BCUT2D eigenvalue weighted by Gasteiger charge is 2.03. The van der Waals surface area contributed by atoms with E-state index in [0.717, 1.165) is 15.6 Å². The summed E-state index contributed by atoms with van der Waals surface area (Å²) in [6, 6.07) is 13.8. The second-order valence-electron chi connectivity index (χ2n) is 4.30. The summed E-state index contributed by atoms with van der Waals surface area (Å²) in [5, 5.41) is 12.1. The zero-order valence-electron chi connectivity index (χ0n) is 10.9. The van der Waals surface area contributed by atoms with Crippen molar-refractivity contribution in [3.63, 3.8) is 0 Å². The molecule has 0 radical (unpaired) electrons. The van der Waals surface area contributed by atoms with Crippen molar-refractivity contribution in [1.82, 2.24) is 0 Å². The molecule has 1 atom stereocenters. The van der Waals surface area contributed by atoms with Crippen molar-refractivity contribution in [2.45, 2.75) is 5.75 Å². The summed E-state index contributed by atoms with van der Waals surface area (Å²) in [7, 11) is -1.12. The van der Waals surface area contributed by atoms with Crippen molar-refractivity contribution in [2.75, 3.05) is 0 Å². The molecule has 6 heteroatoms. The standard InChI is InChI=1S/C15H12BrNO3S/c16-14-5-1-13(2-6-14)11-21(20)10-9-12-3-7-15(8-4-12)17(18)19/h1-10H,11H2.